The number of aromatic nitrogens is 4. The van der Waals surface area contributed by atoms with Gasteiger partial charge >= 0.3 is 0 Å². The maximum Gasteiger partial charge on any atom is 0.263 e. The van der Waals surface area contributed by atoms with Crippen LogP contribution in [0.4, 0.5) is 0 Å². The smallest absolute Gasteiger partial charge is 0.263 e. The standard InChI is InChI=1S/C24H24ClN5O4/c1-24(2,34-19-10-6-17(25)7-11-19)23(31)26-14-15-33-21-13-12-20-27-28-22(30(20)29-21)16-4-8-18(32-3)9-5-16/h4-13H,14-15H2,1-3H3,(H,26,31). The van der Waals surface area contributed by atoms with Gasteiger partial charge in [-0.25, -0.2) is 0 Å². The quantitative estimate of drug-likeness (QED) is 0.363. The van der Waals surface area contributed by atoms with Crippen LogP contribution < -0.4 is 19.5 Å². The van der Waals surface area contributed by atoms with Crippen LogP contribution in [0.15, 0.2) is 60.7 Å². The van der Waals surface area contributed by atoms with Gasteiger partial charge in [0.2, 0.25) is 5.88 Å². The van der Waals surface area contributed by atoms with Gasteiger partial charge in [-0.2, -0.15) is 4.52 Å². The van der Waals surface area contributed by atoms with Gasteiger partial charge < -0.3 is 19.5 Å². The molecule has 0 bridgehead atoms. The van der Waals surface area contributed by atoms with Crippen LogP contribution in [-0.4, -0.2) is 51.6 Å². The normalized spacial score (nSPS) is 11.3. The Morgan fingerprint density at radius 3 is 2.41 bits per heavy atom. The number of hydrogen-bond acceptors (Lipinski definition) is 7. The number of benzene rings is 2. The highest BCUT2D eigenvalue weighted by Crippen LogP contribution is 2.22. The average Bonchev–Trinajstić information content (AvgIpc) is 3.26. The van der Waals surface area contributed by atoms with Gasteiger partial charge in [-0.1, -0.05) is 11.6 Å². The van der Waals surface area contributed by atoms with Crippen LogP contribution in [-0.2, 0) is 4.79 Å². The summed E-state index contributed by atoms with van der Waals surface area (Å²) in [6.45, 7) is 3.89. The van der Waals surface area contributed by atoms with Crippen LogP contribution >= 0.6 is 11.6 Å². The molecule has 0 atom stereocenters. The molecule has 34 heavy (non-hydrogen) atoms. The van der Waals surface area contributed by atoms with E-state index < -0.39 is 5.60 Å². The van der Waals surface area contributed by atoms with Gasteiger partial charge in [0.15, 0.2) is 17.1 Å². The molecule has 2 aromatic carbocycles. The number of halogens is 1. The number of nitrogens with zero attached hydrogens (tertiary/aromatic N) is 4. The first kappa shape index (κ1) is 23.3. The van der Waals surface area contributed by atoms with Crippen molar-refractivity contribution in [2.24, 2.45) is 0 Å². The number of carbonyl (C=O) groups is 1. The Kier molecular flexibility index (Phi) is 6.83. The highest BCUT2D eigenvalue weighted by atomic mass is 35.5. The molecule has 4 rings (SSSR count). The minimum Gasteiger partial charge on any atom is -0.497 e. The number of fused-ring (bicyclic) bond motifs is 1. The van der Waals surface area contributed by atoms with Gasteiger partial charge in [0.1, 0.15) is 18.1 Å². The lowest BCUT2D eigenvalue weighted by Gasteiger charge is -2.25. The predicted molar refractivity (Wildman–Crippen MR) is 127 cm³/mol. The zero-order valence-electron chi connectivity index (χ0n) is 19.0. The van der Waals surface area contributed by atoms with E-state index in [1.54, 1.807) is 61.9 Å². The van der Waals surface area contributed by atoms with E-state index in [-0.39, 0.29) is 19.1 Å². The van der Waals surface area contributed by atoms with Crippen LogP contribution in [0.25, 0.3) is 17.0 Å². The van der Waals surface area contributed by atoms with Crippen LogP contribution in [0, 0.1) is 0 Å². The Labute approximate surface area is 201 Å². The maximum absolute atomic E-state index is 12.6. The van der Waals surface area contributed by atoms with Gasteiger partial charge in [0.05, 0.1) is 13.7 Å². The molecule has 0 aliphatic carbocycles. The van der Waals surface area contributed by atoms with Crippen molar-refractivity contribution in [1.29, 1.82) is 0 Å². The van der Waals surface area contributed by atoms with Crippen molar-refractivity contribution >= 4 is 23.2 Å². The molecule has 1 N–H and O–H groups in total. The number of carbonyl (C=O) groups excluding carboxylic acids is 1. The van der Waals surface area contributed by atoms with E-state index in [4.69, 9.17) is 25.8 Å². The third-order valence-corrected chi connectivity index (χ3v) is 5.21. The molecule has 0 saturated carbocycles. The van der Waals surface area contributed by atoms with Crippen molar-refractivity contribution in [3.63, 3.8) is 0 Å². The summed E-state index contributed by atoms with van der Waals surface area (Å²) in [4.78, 5) is 12.6. The summed E-state index contributed by atoms with van der Waals surface area (Å²) in [7, 11) is 1.61. The lowest BCUT2D eigenvalue weighted by atomic mass is 10.1. The largest absolute Gasteiger partial charge is 0.497 e. The topological polar surface area (TPSA) is 99.9 Å². The van der Waals surface area contributed by atoms with Crippen molar-refractivity contribution < 1.29 is 19.0 Å². The third-order valence-electron chi connectivity index (χ3n) is 4.96. The highest BCUT2D eigenvalue weighted by Gasteiger charge is 2.29. The van der Waals surface area contributed by atoms with Crippen LogP contribution in [0.1, 0.15) is 13.8 Å². The Bertz CT molecular complexity index is 1270. The number of rotatable bonds is 9. The molecular formula is C24H24ClN5O4. The van der Waals surface area contributed by atoms with E-state index >= 15 is 0 Å². The first-order valence-electron chi connectivity index (χ1n) is 10.6. The van der Waals surface area contributed by atoms with E-state index in [1.165, 1.54) is 0 Å². The molecule has 9 nitrogen and oxygen atoms in total. The highest BCUT2D eigenvalue weighted by molar-refractivity contribution is 6.30. The second-order valence-electron chi connectivity index (χ2n) is 7.86. The summed E-state index contributed by atoms with van der Waals surface area (Å²) in [6, 6.07) is 17.8. The fraction of sp³-hybridized carbons (Fsp3) is 0.250. The predicted octanol–water partition coefficient (Wildman–Crippen LogP) is 3.81. The van der Waals surface area contributed by atoms with E-state index in [2.05, 4.69) is 20.6 Å². The van der Waals surface area contributed by atoms with E-state index in [0.717, 1.165) is 11.3 Å². The Morgan fingerprint density at radius 2 is 1.71 bits per heavy atom. The Balaban J connectivity index is 1.34. The summed E-state index contributed by atoms with van der Waals surface area (Å²) < 4.78 is 18.3. The lowest BCUT2D eigenvalue weighted by molar-refractivity contribution is -0.134. The molecule has 176 valence electrons. The lowest BCUT2D eigenvalue weighted by Crippen LogP contribution is -2.47. The van der Waals surface area contributed by atoms with E-state index in [0.29, 0.717) is 28.1 Å². The van der Waals surface area contributed by atoms with Crippen molar-refractivity contribution in [1.82, 2.24) is 25.1 Å². The Morgan fingerprint density at radius 1 is 1.00 bits per heavy atom. The second-order valence-corrected chi connectivity index (χ2v) is 8.30. The number of methoxy groups -OCH3 is 1. The van der Waals surface area contributed by atoms with Gasteiger partial charge in [-0.05, 0) is 68.4 Å². The fourth-order valence-electron chi connectivity index (χ4n) is 3.15. The molecule has 1 amide bonds. The number of amides is 1. The average molecular weight is 482 g/mol. The van der Waals surface area contributed by atoms with Crippen LogP contribution in [0.5, 0.6) is 17.4 Å². The molecule has 0 saturated heterocycles. The van der Waals surface area contributed by atoms with Crippen molar-refractivity contribution in [2.75, 3.05) is 20.3 Å². The second kappa shape index (κ2) is 9.96. The van der Waals surface area contributed by atoms with Gasteiger partial charge in [-0.15, -0.1) is 15.3 Å². The summed E-state index contributed by atoms with van der Waals surface area (Å²) >= 11 is 5.89. The zero-order chi connectivity index (χ0) is 24.1. The molecule has 0 unspecified atom stereocenters. The first-order chi connectivity index (χ1) is 16.4. The Hall–Kier alpha value is -3.85. The maximum atomic E-state index is 12.6. The van der Waals surface area contributed by atoms with E-state index in [9.17, 15) is 4.79 Å². The number of nitrogens with one attached hydrogen (secondary N) is 1. The van der Waals surface area contributed by atoms with Gasteiger partial charge in [0, 0.05) is 16.7 Å². The van der Waals surface area contributed by atoms with Gasteiger partial charge in [-0.3, -0.25) is 4.79 Å². The summed E-state index contributed by atoms with van der Waals surface area (Å²) in [5.74, 6) is 2.00. The number of hydrogen-bond donors (Lipinski definition) is 1. The SMILES string of the molecule is COc1ccc(-c2nnc3ccc(OCCNC(=O)C(C)(C)Oc4ccc(Cl)cc4)nn23)cc1. The van der Waals surface area contributed by atoms with E-state index in [1.807, 2.05) is 24.3 Å². The van der Waals surface area contributed by atoms with Crippen molar-refractivity contribution in [3.8, 4) is 28.8 Å². The molecule has 2 heterocycles. The van der Waals surface area contributed by atoms with Crippen molar-refractivity contribution in [3.05, 3.63) is 65.7 Å². The molecule has 10 heteroatoms. The summed E-state index contributed by atoms with van der Waals surface area (Å²) in [5, 5.41) is 16.3. The third kappa shape index (κ3) is 5.37. The number of ether oxygens (including phenoxy) is 3. The monoisotopic (exact) mass is 481 g/mol. The summed E-state index contributed by atoms with van der Waals surface area (Å²) in [6.07, 6.45) is 0. The van der Waals surface area contributed by atoms with Crippen LogP contribution in [0.3, 0.4) is 0 Å². The molecule has 0 aliphatic heterocycles. The molecule has 0 spiro atoms. The summed E-state index contributed by atoms with van der Waals surface area (Å²) in [5.41, 5.74) is 0.362. The molecular weight excluding hydrogens is 458 g/mol. The van der Waals surface area contributed by atoms with Gasteiger partial charge in [0.25, 0.3) is 5.91 Å². The first-order valence-corrected chi connectivity index (χ1v) is 11.0. The molecule has 0 aliphatic rings. The zero-order valence-corrected chi connectivity index (χ0v) is 19.7. The minimum absolute atomic E-state index is 0.223. The molecule has 4 aromatic rings. The molecule has 0 radical (unpaired) electrons. The minimum atomic E-state index is -1.07. The molecule has 2 aromatic heterocycles. The molecule has 0 fully saturated rings. The van der Waals surface area contributed by atoms with Crippen LogP contribution in [0.2, 0.25) is 5.02 Å². The van der Waals surface area contributed by atoms with Crippen molar-refractivity contribution in [2.45, 2.75) is 19.4 Å². The fourth-order valence-corrected chi connectivity index (χ4v) is 3.27.